The van der Waals surface area contributed by atoms with Gasteiger partial charge in [0, 0.05) is 24.1 Å². The Bertz CT molecular complexity index is 908. The van der Waals surface area contributed by atoms with Gasteiger partial charge in [0.05, 0.1) is 12.8 Å². The van der Waals surface area contributed by atoms with Crippen LogP contribution in [0.15, 0.2) is 48.5 Å². The second kappa shape index (κ2) is 8.34. The number of imide groups is 1. The van der Waals surface area contributed by atoms with Crippen molar-refractivity contribution < 1.29 is 23.9 Å². The molecule has 1 aliphatic rings. The first kappa shape index (κ1) is 19.1. The Morgan fingerprint density at radius 3 is 2.25 bits per heavy atom. The monoisotopic (exact) mass is 381 g/mol. The van der Waals surface area contributed by atoms with Gasteiger partial charge in [-0.2, -0.15) is 0 Å². The normalized spacial score (nSPS) is 13.4. The molecular formula is C20H19N3O5. The zero-order chi connectivity index (χ0) is 20.1. The Morgan fingerprint density at radius 2 is 1.61 bits per heavy atom. The molecule has 0 saturated carbocycles. The van der Waals surface area contributed by atoms with E-state index in [9.17, 15) is 19.2 Å². The molecule has 4 amide bonds. The average molecular weight is 381 g/mol. The number of nitrogens with zero attached hydrogens (tertiary/aromatic N) is 1. The number of anilines is 2. The van der Waals surface area contributed by atoms with Crippen LogP contribution in [0.3, 0.4) is 0 Å². The molecule has 8 nitrogen and oxygen atoms in total. The summed E-state index contributed by atoms with van der Waals surface area (Å²) in [5, 5.41) is 5.37. The van der Waals surface area contributed by atoms with E-state index in [1.807, 2.05) is 0 Å². The molecule has 8 heteroatoms. The third-order valence-corrected chi connectivity index (χ3v) is 4.24. The van der Waals surface area contributed by atoms with Crippen molar-refractivity contribution >= 4 is 35.0 Å². The van der Waals surface area contributed by atoms with Crippen LogP contribution in [-0.4, -0.2) is 42.2 Å². The second-order valence-electron chi connectivity index (χ2n) is 6.15. The fourth-order valence-electron chi connectivity index (χ4n) is 2.79. The number of carbonyl (C=O) groups is 4. The molecule has 144 valence electrons. The molecule has 2 aromatic rings. The third kappa shape index (κ3) is 4.35. The van der Waals surface area contributed by atoms with Gasteiger partial charge in [-0.3, -0.25) is 24.1 Å². The maximum Gasteiger partial charge on any atom is 0.255 e. The first-order valence-corrected chi connectivity index (χ1v) is 8.65. The molecule has 0 unspecified atom stereocenters. The Hall–Kier alpha value is -3.68. The zero-order valence-corrected chi connectivity index (χ0v) is 15.2. The maximum absolute atomic E-state index is 12.4. The summed E-state index contributed by atoms with van der Waals surface area (Å²) in [6, 6.07) is 13.3. The summed E-state index contributed by atoms with van der Waals surface area (Å²) >= 11 is 0. The smallest absolute Gasteiger partial charge is 0.255 e. The molecule has 28 heavy (non-hydrogen) atoms. The number of carbonyl (C=O) groups excluding carboxylic acids is 4. The lowest BCUT2D eigenvalue weighted by atomic mass is 10.2. The van der Waals surface area contributed by atoms with Crippen molar-refractivity contribution in [3.8, 4) is 5.75 Å². The fourth-order valence-corrected chi connectivity index (χ4v) is 2.79. The van der Waals surface area contributed by atoms with Crippen LogP contribution >= 0.6 is 0 Å². The van der Waals surface area contributed by atoms with Crippen molar-refractivity contribution in [2.45, 2.75) is 12.8 Å². The van der Waals surface area contributed by atoms with Crippen LogP contribution in [0.1, 0.15) is 23.2 Å². The van der Waals surface area contributed by atoms with Gasteiger partial charge in [-0.25, -0.2) is 0 Å². The van der Waals surface area contributed by atoms with E-state index in [1.54, 1.807) is 48.5 Å². The summed E-state index contributed by atoms with van der Waals surface area (Å²) in [5.41, 5.74) is 1.40. The Balaban J connectivity index is 1.60. The molecule has 0 radical (unpaired) electrons. The topological polar surface area (TPSA) is 105 Å². The SMILES string of the molecule is COc1ccccc1NC(=O)c1ccc(NC(=O)CN2C(=O)CCC2=O)cc1. The van der Waals surface area contributed by atoms with Crippen molar-refractivity contribution in [3.05, 3.63) is 54.1 Å². The molecule has 0 atom stereocenters. The Labute approximate surface area is 161 Å². The van der Waals surface area contributed by atoms with Crippen molar-refractivity contribution in [1.29, 1.82) is 0 Å². The van der Waals surface area contributed by atoms with E-state index in [0.29, 0.717) is 22.7 Å². The molecule has 1 heterocycles. The van der Waals surface area contributed by atoms with Gasteiger partial charge < -0.3 is 15.4 Å². The number of rotatable bonds is 6. The summed E-state index contributed by atoms with van der Waals surface area (Å²) in [4.78, 5) is 48.5. The largest absolute Gasteiger partial charge is 0.495 e. The van der Waals surface area contributed by atoms with E-state index < -0.39 is 5.91 Å². The minimum Gasteiger partial charge on any atom is -0.495 e. The summed E-state index contributed by atoms with van der Waals surface area (Å²) in [7, 11) is 1.52. The van der Waals surface area contributed by atoms with Crippen LogP contribution in [0, 0.1) is 0 Å². The first-order valence-electron chi connectivity index (χ1n) is 8.65. The molecule has 0 spiro atoms. The number of methoxy groups -OCH3 is 1. The molecule has 0 bridgehead atoms. The van der Waals surface area contributed by atoms with E-state index >= 15 is 0 Å². The summed E-state index contributed by atoms with van der Waals surface area (Å²) in [6.45, 7) is -0.312. The maximum atomic E-state index is 12.4. The highest BCUT2D eigenvalue weighted by atomic mass is 16.5. The number of hydrogen-bond donors (Lipinski definition) is 2. The number of nitrogens with one attached hydrogen (secondary N) is 2. The second-order valence-corrected chi connectivity index (χ2v) is 6.15. The molecular weight excluding hydrogens is 362 g/mol. The van der Waals surface area contributed by atoms with Gasteiger partial charge in [0.25, 0.3) is 5.91 Å². The minimum absolute atomic E-state index is 0.141. The van der Waals surface area contributed by atoms with E-state index in [1.165, 1.54) is 7.11 Å². The molecule has 0 aliphatic carbocycles. The fraction of sp³-hybridized carbons (Fsp3) is 0.200. The Morgan fingerprint density at radius 1 is 0.964 bits per heavy atom. The van der Waals surface area contributed by atoms with Gasteiger partial charge in [-0.1, -0.05) is 12.1 Å². The highest BCUT2D eigenvalue weighted by molar-refractivity contribution is 6.07. The minimum atomic E-state index is -0.477. The molecule has 2 N–H and O–H groups in total. The van der Waals surface area contributed by atoms with Crippen molar-refractivity contribution in [2.24, 2.45) is 0 Å². The summed E-state index contributed by atoms with van der Waals surface area (Å²) < 4.78 is 5.20. The molecule has 0 aromatic heterocycles. The quantitative estimate of drug-likeness (QED) is 0.745. The number of benzene rings is 2. The van der Waals surface area contributed by atoms with Gasteiger partial charge >= 0.3 is 0 Å². The van der Waals surface area contributed by atoms with E-state index in [-0.39, 0.29) is 37.1 Å². The molecule has 1 aliphatic heterocycles. The van der Waals surface area contributed by atoms with Gasteiger partial charge in [0.1, 0.15) is 12.3 Å². The van der Waals surface area contributed by atoms with Crippen molar-refractivity contribution in [2.75, 3.05) is 24.3 Å². The predicted molar refractivity (Wildman–Crippen MR) is 102 cm³/mol. The van der Waals surface area contributed by atoms with Gasteiger partial charge in [0.15, 0.2) is 0 Å². The Kier molecular flexibility index (Phi) is 5.69. The lowest BCUT2D eigenvalue weighted by molar-refractivity contribution is -0.141. The lowest BCUT2D eigenvalue weighted by Crippen LogP contribution is -2.36. The van der Waals surface area contributed by atoms with Gasteiger partial charge in [0.2, 0.25) is 17.7 Å². The van der Waals surface area contributed by atoms with E-state index in [0.717, 1.165) is 4.90 Å². The highest BCUT2D eigenvalue weighted by Gasteiger charge is 2.30. The molecule has 1 fully saturated rings. The summed E-state index contributed by atoms with van der Waals surface area (Å²) in [6.07, 6.45) is 0.282. The van der Waals surface area contributed by atoms with Crippen LogP contribution in [0.25, 0.3) is 0 Å². The third-order valence-electron chi connectivity index (χ3n) is 4.24. The molecule has 2 aromatic carbocycles. The van der Waals surface area contributed by atoms with Gasteiger partial charge in [-0.15, -0.1) is 0 Å². The number of para-hydroxylation sites is 2. The van der Waals surface area contributed by atoms with Crippen LogP contribution < -0.4 is 15.4 Å². The standard InChI is InChI=1S/C20H19N3O5/c1-28-16-5-3-2-4-15(16)22-20(27)13-6-8-14(9-7-13)21-17(24)12-23-18(25)10-11-19(23)26/h2-9H,10-12H2,1H3,(H,21,24)(H,22,27). The highest BCUT2D eigenvalue weighted by Crippen LogP contribution is 2.24. The van der Waals surface area contributed by atoms with Crippen LogP contribution in [0.4, 0.5) is 11.4 Å². The van der Waals surface area contributed by atoms with Crippen molar-refractivity contribution in [1.82, 2.24) is 4.90 Å². The average Bonchev–Trinajstić information content (AvgIpc) is 3.01. The number of ether oxygens (including phenoxy) is 1. The van der Waals surface area contributed by atoms with Crippen LogP contribution in [-0.2, 0) is 14.4 Å². The lowest BCUT2D eigenvalue weighted by Gasteiger charge is -2.13. The predicted octanol–water partition coefficient (Wildman–Crippen LogP) is 2.03. The zero-order valence-electron chi connectivity index (χ0n) is 15.2. The summed E-state index contributed by atoms with van der Waals surface area (Å²) in [5.74, 6) is -0.941. The number of likely N-dealkylation sites (tertiary alicyclic amines) is 1. The first-order chi connectivity index (χ1) is 13.5. The van der Waals surface area contributed by atoms with Crippen LogP contribution in [0.5, 0.6) is 5.75 Å². The van der Waals surface area contributed by atoms with Crippen molar-refractivity contribution in [3.63, 3.8) is 0 Å². The van der Waals surface area contributed by atoms with E-state index in [4.69, 9.17) is 4.74 Å². The van der Waals surface area contributed by atoms with E-state index in [2.05, 4.69) is 10.6 Å². The number of amides is 4. The van der Waals surface area contributed by atoms with Gasteiger partial charge in [-0.05, 0) is 36.4 Å². The molecule has 3 rings (SSSR count). The molecule has 1 saturated heterocycles. The number of hydrogen-bond acceptors (Lipinski definition) is 5. The van der Waals surface area contributed by atoms with Crippen LogP contribution in [0.2, 0.25) is 0 Å².